The highest BCUT2D eigenvalue weighted by atomic mass is 16.2. The van der Waals surface area contributed by atoms with Crippen LogP contribution in [-0.2, 0) is 4.79 Å². The van der Waals surface area contributed by atoms with E-state index in [4.69, 9.17) is 0 Å². The molecule has 2 aliphatic heterocycles. The van der Waals surface area contributed by atoms with Crippen molar-refractivity contribution in [2.24, 2.45) is 5.41 Å². The van der Waals surface area contributed by atoms with Crippen molar-refractivity contribution < 1.29 is 4.79 Å². The molecule has 0 saturated carbocycles. The van der Waals surface area contributed by atoms with Crippen LogP contribution < -0.4 is 4.90 Å². The van der Waals surface area contributed by atoms with Gasteiger partial charge in [0.05, 0.1) is 5.52 Å². The number of hydrogen-bond donors (Lipinski definition) is 0. The van der Waals surface area contributed by atoms with Crippen molar-refractivity contribution in [1.29, 1.82) is 0 Å². The van der Waals surface area contributed by atoms with Crippen molar-refractivity contribution in [2.75, 3.05) is 24.5 Å². The van der Waals surface area contributed by atoms with Crippen LogP contribution in [0.2, 0.25) is 0 Å². The molecular formula is C21H27N3O. The van der Waals surface area contributed by atoms with Crippen molar-refractivity contribution in [2.45, 2.75) is 45.6 Å². The van der Waals surface area contributed by atoms with Gasteiger partial charge in [-0.15, -0.1) is 0 Å². The van der Waals surface area contributed by atoms with Crippen molar-refractivity contribution in [1.82, 2.24) is 9.88 Å². The molecule has 3 heterocycles. The molecule has 1 atom stereocenters. The van der Waals surface area contributed by atoms with E-state index < -0.39 is 0 Å². The normalized spacial score (nSPS) is 24.5. The molecule has 2 aliphatic rings. The van der Waals surface area contributed by atoms with E-state index in [2.05, 4.69) is 52.9 Å². The van der Waals surface area contributed by atoms with Crippen LogP contribution in [-0.4, -0.2) is 41.5 Å². The third kappa shape index (κ3) is 2.99. The van der Waals surface area contributed by atoms with Crippen LogP contribution >= 0.6 is 0 Å². The molecule has 2 saturated heterocycles. The van der Waals surface area contributed by atoms with Crippen LogP contribution in [0.15, 0.2) is 36.5 Å². The summed E-state index contributed by atoms with van der Waals surface area (Å²) in [4.78, 5) is 21.4. The van der Waals surface area contributed by atoms with Crippen LogP contribution in [0, 0.1) is 5.41 Å². The Bertz CT molecular complexity index is 782. The molecule has 1 aromatic carbocycles. The van der Waals surface area contributed by atoms with Crippen LogP contribution in [0.1, 0.15) is 39.5 Å². The van der Waals surface area contributed by atoms with E-state index in [1.54, 1.807) is 0 Å². The van der Waals surface area contributed by atoms with E-state index in [9.17, 15) is 4.79 Å². The summed E-state index contributed by atoms with van der Waals surface area (Å²) in [5.41, 5.74) is 2.58. The molecule has 0 bridgehead atoms. The molecule has 4 rings (SSSR count). The van der Waals surface area contributed by atoms with E-state index >= 15 is 0 Å². The molecule has 0 unspecified atom stereocenters. The molecule has 2 fully saturated rings. The summed E-state index contributed by atoms with van der Waals surface area (Å²) in [6.07, 6.45) is 6.06. The van der Waals surface area contributed by atoms with Gasteiger partial charge in [-0.05, 0) is 45.2 Å². The van der Waals surface area contributed by atoms with E-state index in [-0.39, 0.29) is 5.41 Å². The summed E-state index contributed by atoms with van der Waals surface area (Å²) in [5, 5.41) is 1.23. The number of para-hydroxylation sites is 1. The Morgan fingerprint density at radius 1 is 1.12 bits per heavy atom. The smallest absolute Gasteiger partial charge is 0.222 e. The monoisotopic (exact) mass is 337 g/mol. The van der Waals surface area contributed by atoms with Crippen molar-refractivity contribution in [3.63, 3.8) is 0 Å². The summed E-state index contributed by atoms with van der Waals surface area (Å²) < 4.78 is 0. The summed E-state index contributed by atoms with van der Waals surface area (Å²) in [6, 6.07) is 10.8. The average Bonchev–Trinajstić information content (AvgIpc) is 2.63. The second-order valence-corrected chi connectivity index (χ2v) is 7.99. The first kappa shape index (κ1) is 16.4. The Morgan fingerprint density at radius 2 is 1.96 bits per heavy atom. The lowest BCUT2D eigenvalue weighted by molar-refractivity contribution is -0.140. The molecule has 4 heteroatoms. The van der Waals surface area contributed by atoms with E-state index in [0.717, 1.165) is 31.6 Å². The van der Waals surface area contributed by atoms with Gasteiger partial charge in [0, 0.05) is 54.8 Å². The van der Waals surface area contributed by atoms with E-state index in [0.29, 0.717) is 18.4 Å². The number of likely N-dealkylation sites (tertiary alicyclic amines) is 1. The second-order valence-electron chi connectivity index (χ2n) is 7.99. The quantitative estimate of drug-likeness (QED) is 0.835. The fraction of sp³-hybridized carbons (Fsp3) is 0.524. The fourth-order valence-electron chi connectivity index (χ4n) is 4.62. The standard InChI is InChI=1S/C21H27N3O/c1-16(2)24-15-21(11-8-20(24)25)10-5-13-23(14-21)19-9-12-22-18-7-4-3-6-17(18)19/h3-4,6-7,9,12,16H,5,8,10-11,13-15H2,1-2H3/t21-/m0/s1. The average molecular weight is 337 g/mol. The minimum atomic E-state index is 0.237. The van der Waals surface area contributed by atoms with Crippen molar-refractivity contribution in [3.8, 4) is 0 Å². The Morgan fingerprint density at radius 3 is 2.80 bits per heavy atom. The number of aromatic nitrogens is 1. The molecule has 132 valence electrons. The number of fused-ring (bicyclic) bond motifs is 1. The predicted octanol–water partition coefficient (Wildman–Crippen LogP) is 3.85. The maximum Gasteiger partial charge on any atom is 0.222 e. The Labute approximate surface area is 149 Å². The van der Waals surface area contributed by atoms with Crippen LogP contribution in [0.5, 0.6) is 0 Å². The molecule has 0 radical (unpaired) electrons. The van der Waals surface area contributed by atoms with Gasteiger partial charge >= 0.3 is 0 Å². The van der Waals surface area contributed by atoms with Crippen molar-refractivity contribution >= 4 is 22.5 Å². The summed E-state index contributed by atoms with van der Waals surface area (Å²) in [6.45, 7) is 7.30. The number of rotatable bonds is 2. The number of pyridine rings is 1. The summed E-state index contributed by atoms with van der Waals surface area (Å²) >= 11 is 0. The number of amides is 1. The zero-order valence-electron chi connectivity index (χ0n) is 15.2. The number of anilines is 1. The lowest BCUT2D eigenvalue weighted by Gasteiger charge is -2.50. The molecule has 2 aromatic rings. The van der Waals surface area contributed by atoms with Gasteiger partial charge in [0.25, 0.3) is 0 Å². The van der Waals surface area contributed by atoms with Crippen molar-refractivity contribution in [3.05, 3.63) is 36.5 Å². The zero-order chi connectivity index (χ0) is 17.4. The first-order valence-corrected chi connectivity index (χ1v) is 9.46. The zero-order valence-corrected chi connectivity index (χ0v) is 15.2. The molecule has 25 heavy (non-hydrogen) atoms. The minimum absolute atomic E-state index is 0.237. The fourth-order valence-corrected chi connectivity index (χ4v) is 4.62. The highest BCUT2D eigenvalue weighted by Gasteiger charge is 2.42. The molecule has 0 aliphatic carbocycles. The number of nitrogens with zero attached hydrogens (tertiary/aromatic N) is 3. The molecule has 4 nitrogen and oxygen atoms in total. The lowest BCUT2D eigenvalue weighted by Crippen LogP contribution is -2.55. The topological polar surface area (TPSA) is 36.4 Å². The molecule has 0 N–H and O–H groups in total. The highest BCUT2D eigenvalue weighted by Crippen LogP contribution is 2.41. The third-order valence-electron chi connectivity index (χ3n) is 5.95. The Kier molecular flexibility index (Phi) is 4.14. The molecular weight excluding hydrogens is 310 g/mol. The van der Waals surface area contributed by atoms with Gasteiger partial charge in [0.2, 0.25) is 5.91 Å². The number of hydrogen-bond acceptors (Lipinski definition) is 3. The van der Waals surface area contributed by atoms with Gasteiger partial charge in [-0.3, -0.25) is 9.78 Å². The maximum atomic E-state index is 12.3. The van der Waals surface area contributed by atoms with E-state index in [1.165, 1.54) is 23.9 Å². The summed E-state index contributed by atoms with van der Waals surface area (Å²) in [5.74, 6) is 0.326. The van der Waals surface area contributed by atoms with Gasteiger partial charge in [-0.1, -0.05) is 18.2 Å². The van der Waals surface area contributed by atoms with Gasteiger partial charge in [0.15, 0.2) is 0 Å². The number of piperidine rings is 2. The Balaban J connectivity index is 1.64. The van der Waals surface area contributed by atoms with Gasteiger partial charge in [-0.25, -0.2) is 0 Å². The third-order valence-corrected chi connectivity index (χ3v) is 5.95. The van der Waals surface area contributed by atoms with Crippen LogP contribution in [0.25, 0.3) is 10.9 Å². The number of carbonyl (C=O) groups excluding carboxylic acids is 1. The van der Waals surface area contributed by atoms with E-state index in [1.807, 2.05) is 12.3 Å². The molecule has 1 aromatic heterocycles. The SMILES string of the molecule is CC(C)N1C[C@@]2(CCCN(c3ccnc4ccccc34)C2)CCC1=O. The summed E-state index contributed by atoms with van der Waals surface area (Å²) in [7, 11) is 0. The molecule has 1 amide bonds. The maximum absolute atomic E-state index is 12.3. The number of benzene rings is 1. The first-order valence-electron chi connectivity index (χ1n) is 9.46. The highest BCUT2D eigenvalue weighted by molar-refractivity contribution is 5.91. The van der Waals surface area contributed by atoms with Gasteiger partial charge in [0.1, 0.15) is 0 Å². The predicted molar refractivity (Wildman–Crippen MR) is 102 cm³/mol. The largest absolute Gasteiger partial charge is 0.370 e. The minimum Gasteiger partial charge on any atom is -0.370 e. The first-order chi connectivity index (χ1) is 12.1. The molecule has 1 spiro atoms. The number of carbonyl (C=O) groups is 1. The van der Waals surface area contributed by atoms with Gasteiger partial charge in [-0.2, -0.15) is 0 Å². The van der Waals surface area contributed by atoms with Crippen LogP contribution in [0.3, 0.4) is 0 Å². The van der Waals surface area contributed by atoms with Gasteiger partial charge < -0.3 is 9.80 Å². The Hall–Kier alpha value is -2.10. The second kappa shape index (κ2) is 6.32. The lowest BCUT2D eigenvalue weighted by atomic mass is 9.73. The van der Waals surface area contributed by atoms with Crippen LogP contribution in [0.4, 0.5) is 5.69 Å².